The number of amides is 1. The number of benzene rings is 1. The molecule has 0 radical (unpaired) electrons. The van der Waals surface area contributed by atoms with E-state index < -0.39 is 0 Å². The third kappa shape index (κ3) is 2.55. The first-order chi connectivity index (χ1) is 10.8. The molecule has 1 aliphatic carbocycles. The standard InChI is InChI=1S/C17H19N3OS/c21-16(15-10-22-17(20-15)14-6-3-9-18-14)19-13-8-7-11-4-1-2-5-12(11)13/h1-2,4-5,10,13-14,18H,3,6-9H2,(H,19,21). The van der Waals surface area contributed by atoms with Crippen LogP contribution >= 0.6 is 11.3 Å². The Hall–Kier alpha value is -1.72. The van der Waals surface area contributed by atoms with E-state index in [-0.39, 0.29) is 11.9 Å². The number of aromatic nitrogens is 1. The molecule has 1 aromatic heterocycles. The molecule has 2 atom stereocenters. The predicted octanol–water partition coefficient (Wildman–Crippen LogP) is 2.98. The third-order valence-electron chi connectivity index (χ3n) is 4.55. The largest absolute Gasteiger partial charge is 0.344 e. The lowest BCUT2D eigenvalue weighted by Gasteiger charge is -2.13. The molecule has 4 rings (SSSR count). The lowest BCUT2D eigenvalue weighted by atomic mass is 10.1. The number of thiazole rings is 1. The van der Waals surface area contributed by atoms with Gasteiger partial charge in [-0.15, -0.1) is 11.3 Å². The number of nitrogens with zero attached hydrogens (tertiary/aromatic N) is 1. The Bertz CT molecular complexity index is 691. The summed E-state index contributed by atoms with van der Waals surface area (Å²) in [7, 11) is 0. The Labute approximate surface area is 134 Å². The van der Waals surface area contributed by atoms with Gasteiger partial charge in [-0.3, -0.25) is 4.79 Å². The molecule has 2 aliphatic rings. The summed E-state index contributed by atoms with van der Waals surface area (Å²) in [6.07, 6.45) is 4.32. The summed E-state index contributed by atoms with van der Waals surface area (Å²) in [5.74, 6) is -0.0535. The van der Waals surface area contributed by atoms with Crippen molar-refractivity contribution in [3.63, 3.8) is 0 Å². The van der Waals surface area contributed by atoms with Crippen molar-refractivity contribution in [1.29, 1.82) is 0 Å². The first-order valence-corrected chi connectivity index (χ1v) is 8.77. The highest BCUT2D eigenvalue weighted by Crippen LogP contribution is 2.31. The molecule has 22 heavy (non-hydrogen) atoms. The molecule has 1 aliphatic heterocycles. The van der Waals surface area contributed by atoms with Crippen LogP contribution in [0.2, 0.25) is 0 Å². The van der Waals surface area contributed by atoms with Gasteiger partial charge in [0.05, 0.1) is 12.1 Å². The second-order valence-corrected chi connectivity index (χ2v) is 6.87. The quantitative estimate of drug-likeness (QED) is 0.916. The van der Waals surface area contributed by atoms with Gasteiger partial charge in [-0.2, -0.15) is 0 Å². The average molecular weight is 313 g/mol. The second-order valence-electron chi connectivity index (χ2n) is 5.98. The van der Waals surface area contributed by atoms with Gasteiger partial charge in [-0.25, -0.2) is 4.98 Å². The molecule has 2 aromatic rings. The lowest BCUT2D eigenvalue weighted by molar-refractivity contribution is 0.0932. The molecule has 4 nitrogen and oxygen atoms in total. The molecule has 1 amide bonds. The van der Waals surface area contributed by atoms with Crippen LogP contribution in [0.4, 0.5) is 0 Å². The predicted molar refractivity (Wildman–Crippen MR) is 87.1 cm³/mol. The number of hydrogen-bond acceptors (Lipinski definition) is 4. The van der Waals surface area contributed by atoms with E-state index in [0.29, 0.717) is 11.7 Å². The van der Waals surface area contributed by atoms with Crippen LogP contribution in [0.3, 0.4) is 0 Å². The maximum absolute atomic E-state index is 12.5. The van der Waals surface area contributed by atoms with E-state index in [9.17, 15) is 4.79 Å². The van der Waals surface area contributed by atoms with E-state index in [1.165, 1.54) is 17.5 Å². The van der Waals surface area contributed by atoms with E-state index in [0.717, 1.165) is 30.8 Å². The lowest BCUT2D eigenvalue weighted by Crippen LogP contribution is -2.27. The van der Waals surface area contributed by atoms with E-state index in [1.807, 2.05) is 11.4 Å². The number of carbonyl (C=O) groups excluding carboxylic acids is 1. The molecule has 5 heteroatoms. The molecule has 0 saturated carbocycles. The highest BCUT2D eigenvalue weighted by Gasteiger charge is 2.26. The fourth-order valence-electron chi connectivity index (χ4n) is 3.39. The third-order valence-corrected chi connectivity index (χ3v) is 5.51. The van der Waals surface area contributed by atoms with Crippen molar-refractivity contribution < 1.29 is 4.79 Å². The smallest absolute Gasteiger partial charge is 0.271 e. The summed E-state index contributed by atoms with van der Waals surface area (Å²) >= 11 is 1.58. The van der Waals surface area contributed by atoms with Gasteiger partial charge in [-0.05, 0) is 43.4 Å². The normalized spacial score (nSPS) is 23.5. The van der Waals surface area contributed by atoms with Gasteiger partial charge in [-0.1, -0.05) is 24.3 Å². The van der Waals surface area contributed by atoms with Crippen molar-refractivity contribution in [3.05, 3.63) is 51.5 Å². The van der Waals surface area contributed by atoms with Crippen LogP contribution in [0, 0.1) is 0 Å². The van der Waals surface area contributed by atoms with Gasteiger partial charge >= 0.3 is 0 Å². The number of aryl methyl sites for hydroxylation is 1. The van der Waals surface area contributed by atoms with Crippen LogP contribution in [-0.4, -0.2) is 17.4 Å². The Morgan fingerprint density at radius 3 is 3.09 bits per heavy atom. The minimum Gasteiger partial charge on any atom is -0.344 e. The van der Waals surface area contributed by atoms with Gasteiger partial charge in [0, 0.05) is 5.38 Å². The topological polar surface area (TPSA) is 54.0 Å². The van der Waals surface area contributed by atoms with Crippen LogP contribution in [0.5, 0.6) is 0 Å². The highest BCUT2D eigenvalue weighted by molar-refractivity contribution is 7.09. The fraction of sp³-hybridized carbons (Fsp3) is 0.412. The van der Waals surface area contributed by atoms with Gasteiger partial charge < -0.3 is 10.6 Å². The number of carbonyl (C=O) groups is 1. The summed E-state index contributed by atoms with van der Waals surface area (Å²) in [5, 5.41) is 9.48. The summed E-state index contributed by atoms with van der Waals surface area (Å²) in [5.41, 5.74) is 3.16. The SMILES string of the molecule is O=C(NC1CCc2ccccc21)c1csc(C2CCCN2)n1. The minimum absolute atomic E-state index is 0.0535. The van der Waals surface area contributed by atoms with Crippen molar-refractivity contribution in [2.75, 3.05) is 6.54 Å². The average Bonchev–Trinajstić information content (AvgIpc) is 3.28. The van der Waals surface area contributed by atoms with Crippen molar-refractivity contribution in [2.45, 2.75) is 37.8 Å². The van der Waals surface area contributed by atoms with E-state index in [1.54, 1.807) is 11.3 Å². The van der Waals surface area contributed by atoms with E-state index in [4.69, 9.17) is 0 Å². The van der Waals surface area contributed by atoms with E-state index >= 15 is 0 Å². The molecule has 2 heterocycles. The molecule has 1 saturated heterocycles. The van der Waals surface area contributed by atoms with Gasteiger partial charge in [0.25, 0.3) is 5.91 Å². The Morgan fingerprint density at radius 1 is 1.32 bits per heavy atom. The molecule has 0 spiro atoms. The number of hydrogen-bond donors (Lipinski definition) is 2. The number of nitrogens with one attached hydrogen (secondary N) is 2. The van der Waals surface area contributed by atoms with Crippen LogP contribution in [-0.2, 0) is 6.42 Å². The zero-order chi connectivity index (χ0) is 14.9. The first kappa shape index (κ1) is 13.9. The van der Waals surface area contributed by atoms with Gasteiger partial charge in [0.15, 0.2) is 0 Å². The molecular formula is C17H19N3OS. The van der Waals surface area contributed by atoms with Crippen molar-refractivity contribution in [2.24, 2.45) is 0 Å². The minimum atomic E-state index is -0.0535. The van der Waals surface area contributed by atoms with Gasteiger partial charge in [0.2, 0.25) is 0 Å². The molecule has 0 bridgehead atoms. The zero-order valence-corrected chi connectivity index (χ0v) is 13.2. The van der Waals surface area contributed by atoms with E-state index in [2.05, 4.69) is 33.8 Å². The summed E-state index contributed by atoms with van der Waals surface area (Å²) < 4.78 is 0. The Balaban J connectivity index is 1.47. The maximum atomic E-state index is 12.5. The first-order valence-electron chi connectivity index (χ1n) is 7.89. The summed E-state index contributed by atoms with van der Waals surface area (Å²) in [4.78, 5) is 17.0. The van der Waals surface area contributed by atoms with Crippen molar-refractivity contribution >= 4 is 17.2 Å². The molecule has 2 N–H and O–H groups in total. The zero-order valence-electron chi connectivity index (χ0n) is 12.3. The molecule has 1 fully saturated rings. The van der Waals surface area contributed by atoms with Crippen LogP contribution < -0.4 is 10.6 Å². The Morgan fingerprint density at radius 2 is 2.23 bits per heavy atom. The monoisotopic (exact) mass is 313 g/mol. The van der Waals surface area contributed by atoms with Crippen molar-refractivity contribution in [1.82, 2.24) is 15.6 Å². The number of rotatable bonds is 3. The van der Waals surface area contributed by atoms with Crippen LogP contribution in [0.1, 0.15) is 58.0 Å². The molecule has 114 valence electrons. The van der Waals surface area contributed by atoms with Crippen molar-refractivity contribution in [3.8, 4) is 0 Å². The number of fused-ring (bicyclic) bond motifs is 1. The molecular weight excluding hydrogens is 294 g/mol. The highest BCUT2D eigenvalue weighted by atomic mass is 32.1. The fourth-order valence-corrected chi connectivity index (χ4v) is 4.30. The summed E-state index contributed by atoms with van der Waals surface area (Å²) in [6.45, 7) is 1.05. The molecule has 2 unspecified atom stereocenters. The second kappa shape index (κ2) is 5.82. The summed E-state index contributed by atoms with van der Waals surface area (Å²) in [6, 6.07) is 8.81. The van der Waals surface area contributed by atoms with Gasteiger partial charge in [0.1, 0.15) is 10.7 Å². The Kier molecular flexibility index (Phi) is 3.68. The van der Waals surface area contributed by atoms with Crippen LogP contribution in [0.25, 0.3) is 0 Å². The van der Waals surface area contributed by atoms with Crippen LogP contribution in [0.15, 0.2) is 29.6 Å². The maximum Gasteiger partial charge on any atom is 0.271 e. The molecule has 1 aromatic carbocycles.